The standard InChI is InChI=1S/C19H28N2O3S/c1-3-20(12-19(23)24)17-7-9-21(10-8-17)18(22)14-25-13-16-6-4-5-15(2)11-16/h4-6,11,17H,3,7-10,12-14H2,1-2H3,(H,23,24). The van der Waals surface area contributed by atoms with Crippen LogP contribution in [0.15, 0.2) is 24.3 Å². The lowest BCUT2D eigenvalue weighted by atomic mass is 10.0. The zero-order valence-electron chi connectivity index (χ0n) is 15.1. The Hall–Kier alpha value is -1.53. The SMILES string of the molecule is CCN(CC(=O)O)C1CCN(C(=O)CSCc2cccc(C)c2)CC1. The van der Waals surface area contributed by atoms with E-state index in [1.165, 1.54) is 11.1 Å². The molecule has 6 heteroatoms. The highest BCUT2D eigenvalue weighted by molar-refractivity contribution is 7.99. The van der Waals surface area contributed by atoms with Crippen molar-refractivity contribution in [2.24, 2.45) is 0 Å². The molecule has 5 nitrogen and oxygen atoms in total. The third-order valence-corrected chi connectivity index (χ3v) is 5.64. The smallest absolute Gasteiger partial charge is 0.317 e. The number of amides is 1. The number of carboxylic acid groups (broad SMARTS) is 1. The second-order valence-corrected chi connectivity index (χ2v) is 7.54. The number of rotatable bonds is 8. The first-order valence-electron chi connectivity index (χ1n) is 8.86. The molecule has 0 spiro atoms. The van der Waals surface area contributed by atoms with E-state index >= 15 is 0 Å². The molecule has 0 aromatic heterocycles. The first kappa shape index (κ1) is 19.8. The molecule has 25 heavy (non-hydrogen) atoms. The first-order valence-corrected chi connectivity index (χ1v) is 10.0. The normalized spacial score (nSPS) is 15.6. The molecule has 0 radical (unpaired) electrons. The van der Waals surface area contributed by atoms with Crippen molar-refractivity contribution in [3.8, 4) is 0 Å². The molecule has 0 saturated carbocycles. The van der Waals surface area contributed by atoms with Gasteiger partial charge < -0.3 is 10.0 Å². The molecule has 1 aliphatic heterocycles. The third kappa shape index (κ3) is 6.36. The molecule has 0 aliphatic carbocycles. The Morgan fingerprint density at radius 2 is 2.04 bits per heavy atom. The van der Waals surface area contributed by atoms with Crippen LogP contribution in [-0.4, -0.2) is 64.8 Å². The monoisotopic (exact) mass is 364 g/mol. The number of likely N-dealkylation sites (tertiary alicyclic amines) is 1. The van der Waals surface area contributed by atoms with E-state index in [-0.39, 0.29) is 18.5 Å². The minimum atomic E-state index is -0.784. The summed E-state index contributed by atoms with van der Waals surface area (Å²) in [4.78, 5) is 27.2. The number of carboxylic acids is 1. The van der Waals surface area contributed by atoms with Crippen LogP contribution in [0.25, 0.3) is 0 Å². The highest BCUT2D eigenvalue weighted by Gasteiger charge is 2.26. The summed E-state index contributed by atoms with van der Waals surface area (Å²) in [6, 6.07) is 8.65. The summed E-state index contributed by atoms with van der Waals surface area (Å²) in [6.07, 6.45) is 1.71. The Kier molecular flexibility index (Phi) is 7.78. The molecule has 1 aliphatic rings. The van der Waals surface area contributed by atoms with Crippen molar-refractivity contribution in [1.82, 2.24) is 9.80 Å². The second kappa shape index (κ2) is 9.82. The number of carbonyl (C=O) groups excluding carboxylic acids is 1. The number of hydrogen-bond donors (Lipinski definition) is 1. The maximum atomic E-state index is 12.4. The summed E-state index contributed by atoms with van der Waals surface area (Å²) < 4.78 is 0. The Morgan fingerprint density at radius 1 is 1.32 bits per heavy atom. The van der Waals surface area contributed by atoms with E-state index in [2.05, 4.69) is 31.2 Å². The van der Waals surface area contributed by atoms with Gasteiger partial charge in [-0.05, 0) is 31.9 Å². The minimum Gasteiger partial charge on any atom is -0.480 e. The molecule has 2 rings (SSSR count). The second-order valence-electron chi connectivity index (χ2n) is 6.55. The van der Waals surface area contributed by atoms with E-state index in [1.54, 1.807) is 11.8 Å². The summed E-state index contributed by atoms with van der Waals surface area (Å²) in [5.41, 5.74) is 2.50. The number of aliphatic carboxylic acids is 1. The van der Waals surface area contributed by atoms with Crippen LogP contribution in [-0.2, 0) is 15.3 Å². The molecule has 0 unspecified atom stereocenters. The maximum Gasteiger partial charge on any atom is 0.317 e. The van der Waals surface area contributed by atoms with Crippen molar-refractivity contribution in [2.75, 3.05) is 31.9 Å². The van der Waals surface area contributed by atoms with Gasteiger partial charge in [0.15, 0.2) is 0 Å². The number of piperidine rings is 1. The van der Waals surface area contributed by atoms with Crippen LogP contribution in [0.2, 0.25) is 0 Å². The van der Waals surface area contributed by atoms with Crippen LogP contribution in [0, 0.1) is 6.92 Å². The van der Waals surface area contributed by atoms with Crippen molar-refractivity contribution >= 4 is 23.6 Å². The van der Waals surface area contributed by atoms with Crippen LogP contribution in [0.1, 0.15) is 30.9 Å². The number of likely N-dealkylation sites (N-methyl/N-ethyl adjacent to an activating group) is 1. The predicted octanol–water partition coefficient (Wildman–Crippen LogP) is 2.63. The molecule has 1 aromatic carbocycles. The van der Waals surface area contributed by atoms with Crippen molar-refractivity contribution in [2.45, 2.75) is 38.5 Å². The molecule has 1 N–H and O–H groups in total. The summed E-state index contributed by atoms with van der Waals surface area (Å²) in [5.74, 6) is 0.766. The minimum absolute atomic E-state index is 0.0848. The molecule has 138 valence electrons. The average Bonchev–Trinajstić information content (AvgIpc) is 2.59. The lowest BCUT2D eigenvalue weighted by Gasteiger charge is -2.37. The fraction of sp³-hybridized carbons (Fsp3) is 0.579. The summed E-state index contributed by atoms with van der Waals surface area (Å²) >= 11 is 1.66. The van der Waals surface area contributed by atoms with Crippen molar-refractivity contribution in [3.63, 3.8) is 0 Å². The van der Waals surface area contributed by atoms with Gasteiger partial charge in [-0.2, -0.15) is 0 Å². The van der Waals surface area contributed by atoms with E-state index in [0.717, 1.165) is 38.2 Å². The molecule has 1 heterocycles. The summed E-state index contributed by atoms with van der Waals surface area (Å²) in [5, 5.41) is 8.99. The topological polar surface area (TPSA) is 60.9 Å². The molecule has 0 atom stereocenters. The van der Waals surface area contributed by atoms with E-state index < -0.39 is 5.97 Å². The van der Waals surface area contributed by atoms with Crippen LogP contribution in [0.4, 0.5) is 0 Å². The molecule has 0 bridgehead atoms. The van der Waals surface area contributed by atoms with Crippen LogP contribution in [0.5, 0.6) is 0 Å². The van der Waals surface area contributed by atoms with Gasteiger partial charge in [-0.25, -0.2) is 0 Å². The number of nitrogens with zero attached hydrogens (tertiary/aromatic N) is 2. The lowest BCUT2D eigenvalue weighted by molar-refractivity contribution is -0.140. The fourth-order valence-corrected chi connectivity index (χ4v) is 4.18. The summed E-state index contributed by atoms with van der Waals surface area (Å²) in [7, 11) is 0. The van der Waals surface area contributed by atoms with Gasteiger partial charge in [-0.1, -0.05) is 36.8 Å². The van der Waals surface area contributed by atoms with Gasteiger partial charge in [0.1, 0.15) is 0 Å². The van der Waals surface area contributed by atoms with Gasteiger partial charge in [-0.15, -0.1) is 11.8 Å². The van der Waals surface area contributed by atoms with Crippen LogP contribution >= 0.6 is 11.8 Å². The van der Waals surface area contributed by atoms with E-state index in [9.17, 15) is 9.59 Å². The quantitative estimate of drug-likeness (QED) is 0.768. The highest BCUT2D eigenvalue weighted by Crippen LogP contribution is 2.19. The van der Waals surface area contributed by atoms with Gasteiger partial charge in [-0.3, -0.25) is 14.5 Å². The Bertz CT molecular complexity index is 586. The summed E-state index contributed by atoms with van der Waals surface area (Å²) in [6.45, 7) is 6.34. The molecule has 1 aromatic rings. The maximum absolute atomic E-state index is 12.4. The Morgan fingerprint density at radius 3 is 2.64 bits per heavy atom. The molecular formula is C19H28N2O3S. The van der Waals surface area contributed by atoms with E-state index in [4.69, 9.17) is 5.11 Å². The zero-order valence-corrected chi connectivity index (χ0v) is 15.9. The van der Waals surface area contributed by atoms with Gasteiger partial charge in [0.05, 0.1) is 12.3 Å². The van der Waals surface area contributed by atoms with Gasteiger partial charge in [0, 0.05) is 24.9 Å². The number of aryl methyl sites for hydroxylation is 1. The van der Waals surface area contributed by atoms with Crippen molar-refractivity contribution < 1.29 is 14.7 Å². The van der Waals surface area contributed by atoms with E-state index in [1.807, 2.05) is 16.7 Å². The number of thioether (sulfide) groups is 1. The highest BCUT2D eigenvalue weighted by atomic mass is 32.2. The number of benzene rings is 1. The van der Waals surface area contributed by atoms with Crippen molar-refractivity contribution in [1.29, 1.82) is 0 Å². The van der Waals surface area contributed by atoms with Crippen molar-refractivity contribution in [3.05, 3.63) is 35.4 Å². The zero-order chi connectivity index (χ0) is 18.2. The van der Waals surface area contributed by atoms with Gasteiger partial charge in [0.2, 0.25) is 5.91 Å². The van der Waals surface area contributed by atoms with Gasteiger partial charge in [0.25, 0.3) is 0 Å². The Balaban J connectivity index is 1.72. The molecule has 1 fully saturated rings. The van der Waals surface area contributed by atoms with Gasteiger partial charge >= 0.3 is 5.97 Å². The number of hydrogen-bond acceptors (Lipinski definition) is 4. The molecule has 1 saturated heterocycles. The van der Waals surface area contributed by atoms with Crippen LogP contribution < -0.4 is 0 Å². The number of carbonyl (C=O) groups is 2. The predicted molar refractivity (Wildman–Crippen MR) is 102 cm³/mol. The third-order valence-electron chi connectivity index (χ3n) is 4.65. The Labute approximate surface area is 154 Å². The molecular weight excluding hydrogens is 336 g/mol. The average molecular weight is 365 g/mol. The van der Waals surface area contributed by atoms with E-state index in [0.29, 0.717) is 5.75 Å². The largest absolute Gasteiger partial charge is 0.480 e. The fourth-order valence-electron chi connectivity index (χ4n) is 3.30. The first-order chi connectivity index (χ1) is 12.0. The molecule has 1 amide bonds. The van der Waals surface area contributed by atoms with Crippen LogP contribution in [0.3, 0.4) is 0 Å². The lowest BCUT2D eigenvalue weighted by Crippen LogP contribution is -2.48.